The maximum Gasteiger partial charge on any atom is 0.0210 e. The number of rotatable bonds is 7. The Morgan fingerprint density at radius 2 is 1.23 bits per heavy atom. The van der Waals surface area contributed by atoms with E-state index >= 15 is 0 Å². The molecule has 1 aliphatic heterocycles. The van der Waals surface area contributed by atoms with E-state index in [-0.39, 0.29) is 0 Å². The Kier molecular flexibility index (Phi) is 4.24. The minimum absolute atomic E-state index is 0.595. The van der Waals surface area contributed by atoms with Crippen LogP contribution in [0, 0.1) is 0 Å². The van der Waals surface area contributed by atoms with E-state index in [2.05, 4.69) is 25.7 Å². The third kappa shape index (κ3) is 2.70. The van der Waals surface area contributed by atoms with Crippen molar-refractivity contribution in [3.63, 3.8) is 0 Å². The highest BCUT2D eigenvalue weighted by atomic mass is 15.3. The Balaban J connectivity index is 2.54. The summed E-state index contributed by atoms with van der Waals surface area (Å²) in [6.07, 6.45) is 8.27. The minimum atomic E-state index is 0.595. The zero-order valence-corrected chi connectivity index (χ0v) is 9.60. The Labute approximate surface area is 83.5 Å². The molecule has 0 spiro atoms. The summed E-state index contributed by atoms with van der Waals surface area (Å²) in [5.74, 6) is 0. The quantitative estimate of drug-likeness (QED) is 0.546. The van der Waals surface area contributed by atoms with Gasteiger partial charge in [-0.3, -0.25) is 4.90 Å². The van der Waals surface area contributed by atoms with Crippen molar-refractivity contribution < 1.29 is 0 Å². The summed E-state index contributed by atoms with van der Waals surface area (Å²) in [5.41, 5.74) is 0.595. The van der Waals surface area contributed by atoms with E-state index in [1.165, 1.54) is 51.6 Å². The standard InChI is InChI=1S/C12H25N/c1-4-7-12(8-5-2,9-6-3)13-10-11-13/h4-11H2,1-3H3. The fourth-order valence-corrected chi connectivity index (χ4v) is 2.77. The number of hydrogen-bond donors (Lipinski definition) is 0. The topological polar surface area (TPSA) is 3.01 Å². The summed E-state index contributed by atoms with van der Waals surface area (Å²) >= 11 is 0. The monoisotopic (exact) mass is 183 g/mol. The minimum Gasteiger partial charge on any atom is -0.295 e. The van der Waals surface area contributed by atoms with Crippen molar-refractivity contribution in [2.24, 2.45) is 0 Å². The second kappa shape index (κ2) is 4.99. The third-order valence-electron chi connectivity index (χ3n) is 3.26. The Hall–Kier alpha value is -0.0400. The predicted octanol–water partition coefficient (Wildman–Crippen LogP) is 3.44. The molecule has 1 heteroatoms. The fraction of sp³-hybridized carbons (Fsp3) is 1.00. The summed E-state index contributed by atoms with van der Waals surface area (Å²) < 4.78 is 0. The zero-order chi connectivity index (χ0) is 9.73. The molecule has 0 aromatic rings. The van der Waals surface area contributed by atoms with E-state index < -0.39 is 0 Å². The van der Waals surface area contributed by atoms with Crippen LogP contribution in [0.1, 0.15) is 59.3 Å². The molecule has 1 saturated heterocycles. The van der Waals surface area contributed by atoms with Crippen molar-refractivity contribution in [3.8, 4) is 0 Å². The SMILES string of the molecule is CCCC(CCC)(CCC)N1CC1. The van der Waals surface area contributed by atoms with Crippen molar-refractivity contribution in [1.29, 1.82) is 0 Å². The van der Waals surface area contributed by atoms with Crippen LogP contribution in [0.3, 0.4) is 0 Å². The lowest BCUT2D eigenvalue weighted by atomic mass is 9.84. The predicted molar refractivity (Wildman–Crippen MR) is 59.0 cm³/mol. The highest BCUT2D eigenvalue weighted by Crippen LogP contribution is 2.36. The van der Waals surface area contributed by atoms with Gasteiger partial charge in [-0.15, -0.1) is 0 Å². The van der Waals surface area contributed by atoms with Gasteiger partial charge in [0.25, 0.3) is 0 Å². The first-order valence-electron chi connectivity index (χ1n) is 6.04. The van der Waals surface area contributed by atoms with Gasteiger partial charge in [0.1, 0.15) is 0 Å². The van der Waals surface area contributed by atoms with E-state index in [9.17, 15) is 0 Å². The summed E-state index contributed by atoms with van der Waals surface area (Å²) in [7, 11) is 0. The Bertz CT molecular complexity index is 121. The first-order chi connectivity index (χ1) is 6.29. The molecule has 13 heavy (non-hydrogen) atoms. The molecule has 1 aliphatic rings. The molecule has 0 aliphatic carbocycles. The molecule has 0 atom stereocenters. The first-order valence-corrected chi connectivity index (χ1v) is 6.04. The Morgan fingerprint density at radius 1 is 0.846 bits per heavy atom. The molecule has 1 heterocycles. The van der Waals surface area contributed by atoms with E-state index in [1.54, 1.807) is 0 Å². The van der Waals surface area contributed by atoms with Gasteiger partial charge >= 0.3 is 0 Å². The second-order valence-corrected chi connectivity index (χ2v) is 4.46. The molecular weight excluding hydrogens is 158 g/mol. The van der Waals surface area contributed by atoms with Gasteiger partial charge in [-0.1, -0.05) is 40.0 Å². The van der Waals surface area contributed by atoms with Gasteiger partial charge in [0.15, 0.2) is 0 Å². The average Bonchev–Trinajstić information content (AvgIpc) is 2.87. The van der Waals surface area contributed by atoms with Crippen molar-refractivity contribution in [1.82, 2.24) is 4.90 Å². The molecule has 0 aromatic carbocycles. The largest absolute Gasteiger partial charge is 0.295 e. The van der Waals surface area contributed by atoms with Gasteiger partial charge in [0.2, 0.25) is 0 Å². The zero-order valence-electron chi connectivity index (χ0n) is 9.60. The Morgan fingerprint density at radius 3 is 1.46 bits per heavy atom. The molecule has 0 bridgehead atoms. The number of hydrogen-bond acceptors (Lipinski definition) is 1. The van der Waals surface area contributed by atoms with Gasteiger partial charge in [-0.05, 0) is 19.3 Å². The van der Waals surface area contributed by atoms with Gasteiger partial charge < -0.3 is 0 Å². The van der Waals surface area contributed by atoms with E-state index in [4.69, 9.17) is 0 Å². The highest BCUT2D eigenvalue weighted by Gasteiger charge is 2.39. The van der Waals surface area contributed by atoms with Crippen LogP contribution in [-0.4, -0.2) is 23.5 Å². The summed E-state index contributed by atoms with van der Waals surface area (Å²) in [4.78, 5) is 2.70. The van der Waals surface area contributed by atoms with Gasteiger partial charge in [0.05, 0.1) is 0 Å². The lowest BCUT2D eigenvalue weighted by molar-refractivity contribution is 0.172. The van der Waals surface area contributed by atoms with E-state index in [0.717, 1.165) is 0 Å². The molecule has 0 saturated carbocycles. The van der Waals surface area contributed by atoms with Crippen LogP contribution in [0.5, 0.6) is 0 Å². The maximum absolute atomic E-state index is 2.70. The molecule has 0 amide bonds. The molecule has 78 valence electrons. The molecule has 0 radical (unpaired) electrons. The maximum atomic E-state index is 2.70. The lowest BCUT2D eigenvalue weighted by Gasteiger charge is -2.35. The van der Waals surface area contributed by atoms with Crippen LogP contribution in [0.25, 0.3) is 0 Å². The van der Waals surface area contributed by atoms with Gasteiger partial charge in [-0.2, -0.15) is 0 Å². The molecule has 1 fully saturated rings. The summed E-state index contributed by atoms with van der Waals surface area (Å²) in [5, 5.41) is 0. The number of nitrogens with zero attached hydrogens (tertiary/aromatic N) is 1. The van der Waals surface area contributed by atoms with Crippen LogP contribution in [0.2, 0.25) is 0 Å². The van der Waals surface area contributed by atoms with Crippen molar-refractivity contribution in [2.45, 2.75) is 64.8 Å². The molecular formula is C12H25N. The summed E-state index contributed by atoms with van der Waals surface area (Å²) in [6, 6.07) is 0. The molecule has 0 unspecified atom stereocenters. The van der Waals surface area contributed by atoms with Crippen LogP contribution in [0.4, 0.5) is 0 Å². The van der Waals surface area contributed by atoms with Crippen molar-refractivity contribution in [2.75, 3.05) is 13.1 Å². The highest BCUT2D eigenvalue weighted by molar-refractivity contribution is 4.96. The fourth-order valence-electron chi connectivity index (χ4n) is 2.77. The van der Waals surface area contributed by atoms with Crippen LogP contribution in [0.15, 0.2) is 0 Å². The van der Waals surface area contributed by atoms with Crippen LogP contribution < -0.4 is 0 Å². The van der Waals surface area contributed by atoms with E-state index in [0.29, 0.717) is 5.54 Å². The van der Waals surface area contributed by atoms with Crippen LogP contribution >= 0.6 is 0 Å². The molecule has 0 N–H and O–H groups in total. The van der Waals surface area contributed by atoms with Gasteiger partial charge in [0, 0.05) is 18.6 Å². The second-order valence-electron chi connectivity index (χ2n) is 4.46. The average molecular weight is 183 g/mol. The molecule has 1 rings (SSSR count). The van der Waals surface area contributed by atoms with E-state index in [1.807, 2.05) is 0 Å². The lowest BCUT2D eigenvalue weighted by Crippen LogP contribution is -2.37. The molecule has 1 nitrogen and oxygen atoms in total. The van der Waals surface area contributed by atoms with Crippen LogP contribution in [-0.2, 0) is 0 Å². The van der Waals surface area contributed by atoms with Crippen molar-refractivity contribution >= 4 is 0 Å². The first kappa shape index (κ1) is 11.0. The van der Waals surface area contributed by atoms with Gasteiger partial charge in [-0.25, -0.2) is 0 Å². The third-order valence-corrected chi connectivity index (χ3v) is 3.26. The normalized spacial score (nSPS) is 17.8. The summed E-state index contributed by atoms with van der Waals surface area (Å²) in [6.45, 7) is 9.69. The molecule has 0 aromatic heterocycles. The van der Waals surface area contributed by atoms with Crippen molar-refractivity contribution in [3.05, 3.63) is 0 Å². The smallest absolute Gasteiger partial charge is 0.0210 e.